The van der Waals surface area contributed by atoms with Gasteiger partial charge in [-0.25, -0.2) is 0 Å². The zero-order valence-corrected chi connectivity index (χ0v) is 6.49. The highest BCUT2D eigenvalue weighted by atomic mass is 16.1. The molecule has 0 aromatic heterocycles. The molecule has 0 aromatic carbocycles. The summed E-state index contributed by atoms with van der Waals surface area (Å²) in [4.78, 5) is 11.6. The molecule has 0 saturated heterocycles. The van der Waals surface area contributed by atoms with Crippen LogP contribution in [0.25, 0.3) is 0 Å². The summed E-state index contributed by atoms with van der Waals surface area (Å²) in [5.74, 6) is 5.60. The molecule has 4 rings (SSSR count). The maximum atomic E-state index is 11.6. The third-order valence-corrected chi connectivity index (χ3v) is 4.77. The monoisotopic (exact) mass is 148 g/mol. The largest absolute Gasteiger partial charge is 0.299 e. The average molecular weight is 148 g/mol. The van der Waals surface area contributed by atoms with Gasteiger partial charge in [-0.3, -0.25) is 4.79 Å². The van der Waals surface area contributed by atoms with E-state index in [1.54, 1.807) is 0 Å². The maximum absolute atomic E-state index is 11.6. The van der Waals surface area contributed by atoms with E-state index in [1.165, 1.54) is 19.3 Å². The second-order valence-corrected chi connectivity index (χ2v) is 4.91. The third kappa shape index (κ3) is 0.380. The first-order valence-corrected chi connectivity index (χ1v) is 4.91. The molecule has 4 aliphatic carbocycles. The van der Waals surface area contributed by atoms with E-state index >= 15 is 0 Å². The molecular weight excluding hydrogens is 136 g/mol. The molecule has 4 saturated carbocycles. The Morgan fingerprint density at radius 3 is 2.09 bits per heavy atom. The Bertz CT molecular complexity index is 234. The molecule has 1 nitrogen and oxygen atoms in total. The van der Waals surface area contributed by atoms with Crippen LogP contribution in [0.1, 0.15) is 19.3 Å². The molecule has 2 bridgehead atoms. The molecule has 0 aromatic rings. The van der Waals surface area contributed by atoms with E-state index in [4.69, 9.17) is 0 Å². The fourth-order valence-electron chi connectivity index (χ4n) is 4.36. The summed E-state index contributed by atoms with van der Waals surface area (Å²) in [6.45, 7) is 0. The molecule has 0 spiro atoms. The van der Waals surface area contributed by atoms with Gasteiger partial charge in [-0.05, 0) is 42.9 Å². The highest BCUT2D eigenvalue weighted by Crippen LogP contribution is 2.75. The Morgan fingerprint density at radius 2 is 1.55 bits per heavy atom. The van der Waals surface area contributed by atoms with Crippen molar-refractivity contribution in [1.29, 1.82) is 0 Å². The number of Topliss-reactive ketones (excluding diaryl/α,β-unsaturated/α-hetero) is 1. The maximum Gasteiger partial charge on any atom is 0.139 e. The Balaban J connectivity index is 1.85. The number of rotatable bonds is 0. The molecule has 11 heavy (non-hydrogen) atoms. The number of ketones is 1. The van der Waals surface area contributed by atoms with Gasteiger partial charge in [0.25, 0.3) is 0 Å². The van der Waals surface area contributed by atoms with Crippen LogP contribution in [0.3, 0.4) is 0 Å². The van der Waals surface area contributed by atoms with E-state index in [0.717, 1.165) is 23.7 Å². The minimum absolute atomic E-state index is 0.550. The van der Waals surface area contributed by atoms with Crippen molar-refractivity contribution in [2.45, 2.75) is 19.3 Å². The van der Waals surface area contributed by atoms with E-state index in [-0.39, 0.29) is 0 Å². The van der Waals surface area contributed by atoms with Gasteiger partial charge in [0.2, 0.25) is 0 Å². The Labute approximate surface area is 66.2 Å². The van der Waals surface area contributed by atoms with E-state index < -0.39 is 0 Å². The lowest BCUT2D eigenvalue weighted by Gasteiger charge is -2.38. The van der Waals surface area contributed by atoms with Gasteiger partial charge in [0, 0.05) is 11.8 Å². The molecule has 0 radical (unpaired) electrons. The van der Waals surface area contributed by atoms with Crippen LogP contribution < -0.4 is 0 Å². The second-order valence-electron chi connectivity index (χ2n) is 4.91. The van der Waals surface area contributed by atoms with E-state index in [2.05, 4.69) is 0 Å². The zero-order valence-electron chi connectivity index (χ0n) is 6.49. The molecule has 6 atom stereocenters. The lowest BCUT2D eigenvalue weighted by Crippen LogP contribution is -2.34. The summed E-state index contributed by atoms with van der Waals surface area (Å²) in [6, 6.07) is 0. The average Bonchev–Trinajstić information content (AvgIpc) is 2.53. The SMILES string of the molecule is O=C1C2CCC1C1C3CC3C21. The number of fused-ring (bicyclic) bond motifs is 8. The molecule has 0 N–H and O–H groups in total. The predicted molar refractivity (Wildman–Crippen MR) is 39.8 cm³/mol. The predicted octanol–water partition coefficient (Wildman–Crippen LogP) is 1.48. The van der Waals surface area contributed by atoms with Crippen LogP contribution in [-0.4, -0.2) is 5.78 Å². The van der Waals surface area contributed by atoms with Gasteiger partial charge in [0.1, 0.15) is 5.78 Å². The lowest BCUT2D eigenvalue weighted by molar-refractivity contribution is -0.121. The summed E-state index contributed by atoms with van der Waals surface area (Å²) < 4.78 is 0. The number of hydrogen-bond donors (Lipinski definition) is 0. The number of carbonyl (C=O) groups is 1. The summed E-state index contributed by atoms with van der Waals surface area (Å²) in [6.07, 6.45) is 3.97. The normalized spacial score (nSPS) is 68.9. The van der Waals surface area contributed by atoms with Crippen LogP contribution in [0.5, 0.6) is 0 Å². The summed E-state index contributed by atoms with van der Waals surface area (Å²) in [7, 11) is 0. The Morgan fingerprint density at radius 1 is 1.00 bits per heavy atom. The van der Waals surface area contributed by atoms with Gasteiger partial charge in [0.05, 0.1) is 0 Å². The molecule has 6 unspecified atom stereocenters. The van der Waals surface area contributed by atoms with Crippen LogP contribution in [0, 0.1) is 35.5 Å². The van der Waals surface area contributed by atoms with E-state index in [9.17, 15) is 4.79 Å². The van der Waals surface area contributed by atoms with Crippen LogP contribution in [0.15, 0.2) is 0 Å². The number of hydrogen-bond acceptors (Lipinski definition) is 1. The lowest BCUT2D eigenvalue weighted by atomic mass is 9.66. The van der Waals surface area contributed by atoms with Crippen LogP contribution in [0.4, 0.5) is 0 Å². The highest BCUT2D eigenvalue weighted by molar-refractivity contribution is 5.89. The van der Waals surface area contributed by atoms with E-state index in [1.807, 2.05) is 0 Å². The minimum Gasteiger partial charge on any atom is -0.299 e. The quantitative estimate of drug-likeness (QED) is 0.508. The van der Waals surface area contributed by atoms with Crippen molar-refractivity contribution in [1.82, 2.24) is 0 Å². The van der Waals surface area contributed by atoms with Crippen LogP contribution in [0.2, 0.25) is 0 Å². The van der Waals surface area contributed by atoms with Crippen molar-refractivity contribution in [2.75, 3.05) is 0 Å². The summed E-state index contributed by atoms with van der Waals surface area (Å²) in [5, 5.41) is 0. The minimum atomic E-state index is 0.550. The van der Waals surface area contributed by atoms with Crippen molar-refractivity contribution in [3.05, 3.63) is 0 Å². The molecule has 4 fully saturated rings. The van der Waals surface area contributed by atoms with Gasteiger partial charge < -0.3 is 0 Å². The molecule has 1 heteroatoms. The van der Waals surface area contributed by atoms with Crippen LogP contribution in [-0.2, 0) is 4.79 Å². The Kier molecular flexibility index (Phi) is 0.630. The molecule has 0 aliphatic heterocycles. The van der Waals surface area contributed by atoms with Gasteiger partial charge >= 0.3 is 0 Å². The number of carbonyl (C=O) groups excluding carboxylic acids is 1. The zero-order chi connectivity index (χ0) is 7.16. The molecular formula is C10H12O. The van der Waals surface area contributed by atoms with Crippen molar-refractivity contribution in [3.63, 3.8) is 0 Å². The Hall–Kier alpha value is -0.330. The third-order valence-electron chi connectivity index (χ3n) is 4.77. The van der Waals surface area contributed by atoms with Crippen molar-refractivity contribution >= 4 is 5.78 Å². The fraction of sp³-hybridized carbons (Fsp3) is 0.900. The summed E-state index contributed by atoms with van der Waals surface area (Å²) >= 11 is 0. The smallest absolute Gasteiger partial charge is 0.139 e. The standard InChI is InChI=1S/C10H12O/c11-10-4-1-2-5(10)9-7-3-6(7)8(4)9/h4-9H,1-3H2. The molecule has 0 heterocycles. The first-order valence-electron chi connectivity index (χ1n) is 4.91. The first-order chi connectivity index (χ1) is 5.38. The van der Waals surface area contributed by atoms with Gasteiger partial charge in [-0.2, -0.15) is 0 Å². The molecule has 0 amide bonds. The molecule has 58 valence electrons. The second kappa shape index (κ2) is 1.30. The van der Waals surface area contributed by atoms with E-state index in [0.29, 0.717) is 17.6 Å². The molecule has 4 aliphatic rings. The topological polar surface area (TPSA) is 17.1 Å². The first kappa shape index (κ1) is 5.34. The van der Waals surface area contributed by atoms with Crippen LogP contribution >= 0.6 is 0 Å². The van der Waals surface area contributed by atoms with Crippen molar-refractivity contribution in [3.8, 4) is 0 Å². The highest BCUT2D eigenvalue weighted by Gasteiger charge is 2.72. The van der Waals surface area contributed by atoms with Crippen molar-refractivity contribution in [2.24, 2.45) is 35.5 Å². The summed E-state index contributed by atoms with van der Waals surface area (Å²) in [5.41, 5.74) is 0. The van der Waals surface area contributed by atoms with Gasteiger partial charge in [0.15, 0.2) is 0 Å². The fourth-order valence-corrected chi connectivity index (χ4v) is 4.36. The van der Waals surface area contributed by atoms with Gasteiger partial charge in [-0.1, -0.05) is 0 Å². The van der Waals surface area contributed by atoms with Gasteiger partial charge in [-0.15, -0.1) is 0 Å². The van der Waals surface area contributed by atoms with Crippen molar-refractivity contribution < 1.29 is 4.79 Å².